The molecule has 0 aliphatic carbocycles. The van der Waals surface area contributed by atoms with Crippen molar-refractivity contribution in [1.29, 1.82) is 0 Å². The van der Waals surface area contributed by atoms with Crippen LogP contribution in [0.25, 0.3) is 0 Å². The minimum absolute atomic E-state index is 0.0242. The van der Waals surface area contributed by atoms with Crippen molar-refractivity contribution in [1.82, 2.24) is 5.32 Å². The van der Waals surface area contributed by atoms with E-state index < -0.39 is 0 Å². The molecule has 0 rings (SSSR count). The highest BCUT2D eigenvalue weighted by Gasteiger charge is 2.21. The van der Waals surface area contributed by atoms with Gasteiger partial charge in [-0.2, -0.15) is 0 Å². The number of hydrogen-bond acceptors (Lipinski definition) is 2. The molecule has 0 spiro atoms. The Labute approximate surface area is 87.4 Å². The molecule has 0 aliphatic heterocycles. The molecule has 3 N–H and O–H groups in total. The second-order valence-electron chi connectivity index (χ2n) is 4.60. The fraction of sp³-hybridized carbons (Fsp3) is 0.909. The van der Waals surface area contributed by atoms with Crippen molar-refractivity contribution >= 4 is 5.91 Å². The maximum Gasteiger partial charge on any atom is 0.223 e. The molecule has 0 aromatic heterocycles. The van der Waals surface area contributed by atoms with Crippen LogP contribution in [0.4, 0.5) is 0 Å². The molecule has 1 unspecified atom stereocenters. The molecule has 1 atom stereocenters. The van der Waals surface area contributed by atoms with E-state index in [1.54, 1.807) is 0 Å². The van der Waals surface area contributed by atoms with Crippen molar-refractivity contribution in [3.63, 3.8) is 0 Å². The predicted octanol–water partition coefficient (Wildman–Crippen LogP) is 1.67. The standard InChI is InChI=1S/C11H24N2O/c1-5-7-11(3,4)13-10(14)9(2)6-8-12/h9H,5-8,12H2,1-4H3,(H,13,14). The van der Waals surface area contributed by atoms with Crippen LogP contribution in [0.5, 0.6) is 0 Å². The summed E-state index contributed by atoms with van der Waals surface area (Å²) in [7, 11) is 0. The quantitative estimate of drug-likeness (QED) is 0.685. The van der Waals surface area contributed by atoms with Gasteiger partial charge in [0, 0.05) is 11.5 Å². The van der Waals surface area contributed by atoms with Gasteiger partial charge >= 0.3 is 0 Å². The van der Waals surface area contributed by atoms with E-state index in [1.165, 1.54) is 0 Å². The molecule has 0 radical (unpaired) electrons. The Morgan fingerprint density at radius 3 is 2.50 bits per heavy atom. The van der Waals surface area contributed by atoms with Gasteiger partial charge in [-0.1, -0.05) is 20.3 Å². The zero-order valence-corrected chi connectivity index (χ0v) is 9.89. The number of nitrogens with two attached hydrogens (primary N) is 1. The van der Waals surface area contributed by atoms with Crippen molar-refractivity contribution in [2.24, 2.45) is 11.7 Å². The lowest BCUT2D eigenvalue weighted by atomic mass is 9.97. The molecule has 0 aliphatic rings. The molecule has 1 amide bonds. The van der Waals surface area contributed by atoms with Crippen LogP contribution in [0.15, 0.2) is 0 Å². The first-order valence-electron chi connectivity index (χ1n) is 5.45. The first kappa shape index (κ1) is 13.4. The monoisotopic (exact) mass is 200 g/mol. The minimum atomic E-state index is -0.0886. The van der Waals surface area contributed by atoms with Crippen LogP contribution in [0, 0.1) is 5.92 Å². The number of hydrogen-bond donors (Lipinski definition) is 2. The summed E-state index contributed by atoms with van der Waals surface area (Å²) in [6.45, 7) is 8.73. The third-order valence-corrected chi connectivity index (χ3v) is 2.38. The van der Waals surface area contributed by atoms with Crippen LogP contribution < -0.4 is 11.1 Å². The van der Waals surface area contributed by atoms with E-state index in [1.807, 2.05) is 6.92 Å². The van der Waals surface area contributed by atoms with Crippen molar-refractivity contribution in [2.75, 3.05) is 6.54 Å². The molecular formula is C11H24N2O. The topological polar surface area (TPSA) is 55.1 Å². The highest BCUT2D eigenvalue weighted by Crippen LogP contribution is 2.12. The average molecular weight is 200 g/mol. The molecule has 0 saturated carbocycles. The van der Waals surface area contributed by atoms with Crippen LogP contribution in [0.1, 0.15) is 47.0 Å². The van der Waals surface area contributed by atoms with Crippen molar-refractivity contribution < 1.29 is 4.79 Å². The number of amides is 1. The maximum atomic E-state index is 11.7. The second-order valence-corrected chi connectivity index (χ2v) is 4.60. The Morgan fingerprint density at radius 1 is 1.50 bits per heavy atom. The molecule has 0 aromatic carbocycles. The minimum Gasteiger partial charge on any atom is -0.351 e. The molecule has 0 heterocycles. The highest BCUT2D eigenvalue weighted by molar-refractivity contribution is 5.78. The summed E-state index contributed by atoms with van der Waals surface area (Å²) < 4.78 is 0. The Morgan fingerprint density at radius 2 is 2.07 bits per heavy atom. The molecule has 0 saturated heterocycles. The predicted molar refractivity (Wildman–Crippen MR) is 60.0 cm³/mol. The summed E-state index contributed by atoms with van der Waals surface area (Å²) in [4.78, 5) is 11.7. The normalized spacial score (nSPS) is 13.8. The largest absolute Gasteiger partial charge is 0.351 e. The Hall–Kier alpha value is -0.570. The van der Waals surface area contributed by atoms with Gasteiger partial charge in [0.25, 0.3) is 0 Å². The van der Waals surface area contributed by atoms with Crippen molar-refractivity contribution in [3.05, 3.63) is 0 Å². The van der Waals surface area contributed by atoms with Gasteiger partial charge in [-0.15, -0.1) is 0 Å². The third kappa shape index (κ3) is 5.22. The molecule has 14 heavy (non-hydrogen) atoms. The van der Waals surface area contributed by atoms with Crippen LogP contribution in [-0.2, 0) is 4.79 Å². The number of nitrogens with one attached hydrogen (secondary N) is 1. The molecule has 84 valence electrons. The molecule has 0 fully saturated rings. The summed E-state index contributed by atoms with van der Waals surface area (Å²) >= 11 is 0. The fourth-order valence-corrected chi connectivity index (χ4v) is 1.53. The van der Waals surface area contributed by atoms with E-state index in [2.05, 4.69) is 26.1 Å². The second kappa shape index (κ2) is 6.02. The van der Waals surface area contributed by atoms with Crippen LogP contribution >= 0.6 is 0 Å². The molecule has 3 nitrogen and oxygen atoms in total. The Kier molecular flexibility index (Phi) is 5.77. The van der Waals surface area contributed by atoms with E-state index in [0.717, 1.165) is 19.3 Å². The van der Waals surface area contributed by atoms with Gasteiger partial charge in [0.15, 0.2) is 0 Å². The number of carbonyl (C=O) groups is 1. The van der Waals surface area contributed by atoms with E-state index in [9.17, 15) is 4.79 Å². The average Bonchev–Trinajstić information content (AvgIpc) is 2.03. The van der Waals surface area contributed by atoms with E-state index >= 15 is 0 Å². The molecule has 3 heteroatoms. The van der Waals surface area contributed by atoms with Gasteiger partial charge in [-0.3, -0.25) is 4.79 Å². The van der Waals surface area contributed by atoms with Crippen LogP contribution in [-0.4, -0.2) is 18.0 Å². The lowest BCUT2D eigenvalue weighted by Crippen LogP contribution is -2.45. The fourth-order valence-electron chi connectivity index (χ4n) is 1.53. The van der Waals surface area contributed by atoms with Gasteiger partial charge in [-0.25, -0.2) is 0 Å². The van der Waals surface area contributed by atoms with Gasteiger partial charge in [0.05, 0.1) is 0 Å². The summed E-state index contributed by atoms with van der Waals surface area (Å²) in [5.41, 5.74) is 5.32. The van der Waals surface area contributed by atoms with Gasteiger partial charge in [-0.05, 0) is 33.2 Å². The summed E-state index contributed by atoms with van der Waals surface area (Å²) in [6, 6.07) is 0. The third-order valence-electron chi connectivity index (χ3n) is 2.38. The molecular weight excluding hydrogens is 176 g/mol. The summed E-state index contributed by atoms with van der Waals surface area (Å²) in [6.07, 6.45) is 2.85. The lowest BCUT2D eigenvalue weighted by molar-refractivity contribution is -0.126. The summed E-state index contributed by atoms with van der Waals surface area (Å²) in [5, 5.41) is 3.05. The SMILES string of the molecule is CCCC(C)(C)NC(=O)C(C)CCN. The lowest BCUT2D eigenvalue weighted by Gasteiger charge is -2.27. The summed E-state index contributed by atoms with van der Waals surface area (Å²) in [5.74, 6) is 0.144. The molecule has 0 aromatic rings. The molecule has 0 bridgehead atoms. The Bertz CT molecular complexity index is 178. The highest BCUT2D eigenvalue weighted by atomic mass is 16.2. The van der Waals surface area contributed by atoms with E-state index in [-0.39, 0.29) is 17.4 Å². The number of carbonyl (C=O) groups excluding carboxylic acids is 1. The zero-order valence-electron chi connectivity index (χ0n) is 9.89. The van der Waals surface area contributed by atoms with E-state index in [4.69, 9.17) is 5.73 Å². The van der Waals surface area contributed by atoms with E-state index in [0.29, 0.717) is 6.54 Å². The van der Waals surface area contributed by atoms with Crippen LogP contribution in [0.2, 0.25) is 0 Å². The Balaban J connectivity index is 4.03. The maximum absolute atomic E-state index is 11.7. The van der Waals surface area contributed by atoms with Gasteiger partial charge in [0.1, 0.15) is 0 Å². The number of rotatable bonds is 6. The first-order valence-corrected chi connectivity index (χ1v) is 5.45. The van der Waals surface area contributed by atoms with Crippen LogP contribution in [0.3, 0.4) is 0 Å². The van der Waals surface area contributed by atoms with Crippen molar-refractivity contribution in [3.8, 4) is 0 Å². The first-order chi connectivity index (χ1) is 6.43. The zero-order chi connectivity index (χ0) is 11.2. The smallest absolute Gasteiger partial charge is 0.223 e. The van der Waals surface area contributed by atoms with Gasteiger partial charge in [0.2, 0.25) is 5.91 Å². The van der Waals surface area contributed by atoms with Gasteiger partial charge < -0.3 is 11.1 Å². The van der Waals surface area contributed by atoms with Crippen molar-refractivity contribution in [2.45, 2.75) is 52.5 Å².